The predicted octanol–water partition coefficient (Wildman–Crippen LogP) is 1.71. The molecular weight excluding hydrogens is 346 g/mol. The summed E-state index contributed by atoms with van der Waals surface area (Å²) in [5.41, 5.74) is 0. The lowest BCUT2D eigenvalue weighted by molar-refractivity contribution is -0.142. The van der Waals surface area contributed by atoms with Crippen LogP contribution in [0.2, 0.25) is 0 Å². The highest BCUT2D eigenvalue weighted by molar-refractivity contribution is 5.88. The molecular formula is C20H37N3O4. The molecule has 156 valence electrons. The fraction of sp³-hybridized carbons (Fsp3) is 0.850. The second-order valence-electron chi connectivity index (χ2n) is 8.16. The summed E-state index contributed by atoms with van der Waals surface area (Å²) in [5, 5.41) is 5.88. The second-order valence-corrected chi connectivity index (χ2v) is 8.16. The molecule has 0 saturated carbocycles. The Bertz CT molecular complexity index is 507. The van der Waals surface area contributed by atoms with Gasteiger partial charge in [0.15, 0.2) is 0 Å². The van der Waals surface area contributed by atoms with Crippen LogP contribution < -0.4 is 10.6 Å². The molecule has 0 spiro atoms. The number of amides is 3. The van der Waals surface area contributed by atoms with E-state index >= 15 is 0 Å². The molecule has 3 atom stereocenters. The first-order valence-electron chi connectivity index (χ1n) is 10.1. The molecule has 0 radical (unpaired) electrons. The Kier molecular flexibility index (Phi) is 9.77. The van der Waals surface area contributed by atoms with Crippen LogP contribution in [0.4, 0.5) is 0 Å². The summed E-state index contributed by atoms with van der Waals surface area (Å²) in [6, 6.07) is -0.599. The van der Waals surface area contributed by atoms with Gasteiger partial charge in [-0.2, -0.15) is 0 Å². The van der Waals surface area contributed by atoms with Crippen LogP contribution in [0.15, 0.2) is 0 Å². The van der Waals surface area contributed by atoms with Gasteiger partial charge in [-0.15, -0.1) is 0 Å². The molecule has 1 heterocycles. The highest BCUT2D eigenvalue weighted by Gasteiger charge is 2.31. The van der Waals surface area contributed by atoms with Gasteiger partial charge in [-0.05, 0) is 31.1 Å². The topological polar surface area (TPSA) is 87.7 Å². The first-order chi connectivity index (χ1) is 12.7. The second kappa shape index (κ2) is 11.3. The van der Waals surface area contributed by atoms with Crippen molar-refractivity contribution >= 4 is 17.7 Å². The van der Waals surface area contributed by atoms with Crippen LogP contribution in [0.25, 0.3) is 0 Å². The predicted molar refractivity (Wildman–Crippen MR) is 105 cm³/mol. The van der Waals surface area contributed by atoms with Crippen LogP contribution in [0.3, 0.4) is 0 Å². The summed E-state index contributed by atoms with van der Waals surface area (Å²) in [7, 11) is 1.67. The third-order valence-electron chi connectivity index (χ3n) is 4.87. The van der Waals surface area contributed by atoms with Gasteiger partial charge >= 0.3 is 0 Å². The van der Waals surface area contributed by atoms with E-state index in [1.54, 1.807) is 7.05 Å². The molecule has 7 heteroatoms. The van der Waals surface area contributed by atoms with Crippen LogP contribution in [0.1, 0.15) is 60.3 Å². The van der Waals surface area contributed by atoms with Crippen molar-refractivity contribution in [1.29, 1.82) is 0 Å². The Morgan fingerprint density at radius 3 is 2.48 bits per heavy atom. The van der Waals surface area contributed by atoms with Crippen LogP contribution in [-0.4, -0.2) is 61.0 Å². The monoisotopic (exact) mass is 383 g/mol. The number of nitrogens with one attached hydrogen (secondary N) is 2. The van der Waals surface area contributed by atoms with E-state index in [2.05, 4.69) is 10.6 Å². The van der Waals surface area contributed by atoms with Gasteiger partial charge in [-0.1, -0.05) is 34.6 Å². The third-order valence-corrected chi connectivity index (χ3v) is 4.87. The third kappa shape index (κ3) is 7.48. The van der Waals surface area contributed by atoms with Crippen molar-refractivity contribution in [3.05, 3.63) is 0 Å². The fourth-order valence-corrected chi connectivity index (χ4v) is 3.08. The molecule has 3 amide bonds. The summed E-state index contributed by atoms with van der Waals surface area (Å²) in [5.74, 6) is 0.133. The molecule has 27 heavy (non-hydrogen) atoms. The molecule has 7 nitrogen and oxygen atoms in total. The van der Waals surface area contributed by atoms with Crippen LogP contribution in [-0.2, 0) is 19.1 Å². The zero-order chi connectivity index (χ0) is 20.6. The number of hydrogen-bond acceptors (Lipinski definition) is 4. The summed E-state index contributed by atoms with van der Waals surface area (Å²) in [6.45, 7) is 10.9. The van der Waals surface area contributed by atoms with Gasteiger partial charge in [0.2, 0.25) is 17.7 Å². The largest absolute Gasteiger partial charge is 0.368 e. The molecule has 1 rings (SSSR count). The van der Waals surface area contributed by atoms with Gasteiger partial charge in [0, 0.05) is 32.7 Å². The Hall–Kier alpha value is -1.63. The van der Waals surface area contributed by atoms with E-state index in [4.69, 9.17) is 4.74 Å². The maximum Gasteiger partial charge on any atom is 0.249 e. The van der Waals surface area contributed by atoms with E-state index in [9.17, 15) is 14.4 Å². The smallest absolute Gasteiger partial charge is 0.249 e. The normalized spacial score (nSPS) is 19.9. The average Bonchev–Trinajstić information content (AvgIpc) is 2.60. The highest BCUT2D eigenvalue weighted by atomic mass is 16.5. The van der Waals surface area contributed by atoms with Crippen molar-refractivity contribution in [3.8, 4) is 0 Å². The van der Waals surface area contributed by atoms with Gasteiger partial charge in [-0.25, -0.2) is 0 Å². The van der Waals surface area contributed by atoms with E-state index in [0.29, 0.717) is 38.3 Å². The van der Waals surface area contributed by atoms with Crippen molar-refractivity contribution in [1.82, 2.24) is 15.5 Å². The molecule has 0 aromatic rings. The van der Waals surface area contributed by atoms with E-state index in [0.717, 1.165) is 6.42 Å². The number of rotatable bonds is 10. The molecule has 1 saturated heterocycles. The molecule has 0 aromatic heterocycles. The molecule has 1 fully saturated rings. The molecule has 1 aliphatic heterocycles. The van der Waals surface area contributed by atoms with Gasteiger partial charge in [0.05, 0.1) is 0 Å². The standard InChI is InChI=1S/C20H37N3O4/c1-7-15(22-19(25)16-9-8-10-17(24)23(16)6)11-21-20(26)18(14(4)5)27-12-13(2)3/h13-16,18H,7-12H2,1-6H3,(H,21,26)(H,22,25). The molecule has 0 bridgehead atoms. The summed E-state index contributed by atoms with van der Waals surface area (Å²) < 4.78 is 5.75. The Morgan fingerprint density at radius 2 is 1.93 bits per heavy atom. The first-order valence-corrected chi connectivity index (χ1v) is 10.1. The number of likely N-dealkylation sites (tertiary alicyclic amines) is 1. The number of carbonyl (C=O) groups excluding carboxylic acids is 3. The Labute approximate surface area is 163 Å². The van der Waals surface area contributed by atoms with Gasteiger partial charge in [0.25, 0.3) is 0 Å². The lowest BCUT2D eigenvalue weighted by Crippen LogP contribution is -2.54. The summed E-state index contributed by atoms with van der Waals surface area (Å²) in [6.07, 6.45) is 2.10. The van der Waals surface area contributed by atoms with Gasteiger partial charge in [-0.3, -0.25) is 14.4 Å². The minimum atomic E-state index is -0.497. The van der Waals surface area contributed by atoms with E-state index < -0.39 is 12.1 Å². The van der Waals surface area contributed by atoms with Crippen LogP contribution in [0.5, 0.6) is 0 Å². The molecule has 1 aliphatic rings. The van der Waals surface area contributed by atoms with E-state index in [1.807, 2.05) is 34.6 Å². The van der Waals surface area contributed by atoms with E-state index in [-0.39, 0.29) is 29.7 Å². The maximum absolute atomic E-state index is 12.5. The van der Waals surface area contributed by atoms with E-state index in [1.165, 1.54) is 4.90 Å². The lowest BCUT2D eigenvalue weighted by Gasteiger charge is -2.32. The lowest BCUT2D eigenvalue weighted by atomic mass is 10.0. The zero-order valence-electron chi connectivity index (χ0n) is 17.7. The zero-order valence-corrected chi connectivity index (χ0v) is 17.7. The number of carbonyl (C=O) groups is 3. The fourth-order valence-electron chi connectivity index (χ4n) is 3.08. The van der Waals surface area contributed by atoms with Crippen molar-refractivity contribution in [3.63, 3.8) is 0 Å². The van der Waals surface area contributed by atoms with Crippen molar-refractivity contribution in [2.75, 3.05) is 20.2 Å². The van der Waals surface area contributed by atoms with Crippen molar-refractivity contribution in [2.45, 2.75) is 78.5 Å². The first kappa shape index (κ1) is 23.4. The maximum atomic E-state index is 12.5. The summed E-state index contributed by atoms with van der Waals surface area (Å²) in [4.78, 5) is 38.4. The minimum Gasteiger partial charge on any atom is -0.368 e. The minimum absolute atomic E-state index is 0.00447. The molecule has 0 aliphatic carbocycles. The van der Waals surface area contributed by atoms with Gasteiger partial charge in [0.1, 0.15) is 12.1 Å². The molecule has 0 aromatic carbocycles. The average molecular weight is 384 g/mol. The number of likely N-dealkylation sites (N-methyl/N-ethyl adjacent to an activating group) is 1. The number of ether oxygens (including phenoxy) is 1. The number of hydrogen-bond donors (Lipinski definition) is 2. The van der Waals surface area contributed by atoms with Crippen molar-refractivity contribution < 1.29 is 19.1 Å². The van der Waals surface area contributed by atoms with Crippen molar-refractivity contribution in [2.24, 2.45) is 11.8 Å². The molecule has 2 N–H and O–H groups in total. The Morgan fingerprint density at radius 1 is 1.26 bits per heavy atom. The Balaban J connectivity index is 2.55. The van der Waals surface area contributed by atoms with Gasteiger partial charge < -0.3 is 20.3 Å². The number of piperidine rings is 1. The summed E-state index contributed by atoms with van der Waals surface area (Å²) >= 11 is 0. The number of nitrogens with zero attached hydrogens (tertiary/aromatic N) is 1. The SMILES string of the molecule is CCC(CNC(=O)C(OCC(C)C)C(C)C)NC(=O)C1CCCC(=O)N1C. The van der Waals surface area contributed by atoms with Crippen LogP contribution >= 0.6 is 0 Å². The quantitative estimate of drug-likeness (QED) is 0.601. The van der Waals surface area contributed by atoms with Crippen LogP contribution in [0, 0.1) is 11.8 Å². The highest BCUT2D eigenvalue weighted by Crippen LogP contribution is 2.16. The molecule has 3 unspecified atom stereocenters.